The van der Waals surface area contributed by atoms with Crippen LogP contribution in [0.2, 0.25) is 0 Å². The molecule has 2 amide bonds. The monoisotopic (exact) mass is 581 g/mol. The average Bonchev–Trinajstić information content (AvgIpc) is 2.79. The number of benzene rings is 3. The third kappa shape index (κ3) is 7.04. The van der Waals surface area contributed by atoms with Gasteiger partial charge in [0, 0.05) is 21.4 Å². The van der Waals surface area contributed by atoms with E-state index in [0.29, 0.717) is 31.6 Å². The summed E-state index contributed by atoms with van der Waals surface area (Å²) in [6.07, 6.45) is 1.42. The number of nitrogens with one attached hydrogen (secondary N) is 2. The summed E-state index contributed by atoms with van der Waals surface area (Å²) in [5.74, 6) is -0.560. The number of halogens is 2. The Hall–Kier alpha value is -3.41. The summed E-state index contributed by atoms with van der Waals surface area (Å²) in [5.41, 5.74) is 3.73. The maximum atomic E-state index is 12.7. The van der Waals surface area contributed by atoms with Gasteiger partial charge in [0.25, 0.3) is 11.8 Å². The molecule has 34 heavy (non-hydrogen) atoms. The molecule has 0 bridgehead atoms. The van der Waals surface area contributed by atoms with Gasteiger partial charge in [0.05, 0.1) is 4.47 Å². The smallest absolute Gasteiger partial charge is 0.266 e. The fraction of sp³-hybridized carbons (Fsp3) is 0.115. The van der Waals surface area contributed by atoms with Gasteiger partial charge in [-0.3, -0.25) is 9.59 Å². The van der Waals surface area contributed by atoms with Gasteiger partial charge in [-0.2, -0.15) is 5.26 Å². The highest BCUT2D eigenvalue weighted by Gasteiger charge is 2.15. The number of amides is 2. The molecular formula is C26H21Br2N3O3. The van der Waals surface area contributed by atoms with Crippen molar-refractivity contribution in [2.45, 2.75) is 13.8 Å². The Bertz CT molecular complexity index is 1280. The molecule has 0 radical (unpaired) electrons. The molecule has 0 aliphatic heterocycles. The largest absolute Gasteiger partial charge is 0.482 e. The normalized spacial score (nSPS) is 10.9. The average molecular weight is 583 g/mol. The van der Waals surface area contributed by atoms with E-state index in [1.165, 1.54) is 6.08 Å². The highest BCUT2D eigenvalue weighted by Crippen LogP contribution is 2.34. The van der Waals surface area contributed by atoms with Crippen LogP contribution in [0, 0.1) is 25.2 Å². The van der Waals surface area contributed by atoms with Crippen LogP contribution < -0.4 is 15.4 Å². The molecule has 6 nitrogen and oxygen atoms in total. The van der Waals surface area contributed by atoms with E-state index in [1.807, 2.05) is 56.3 Å². The molecule has 0 unspecified atom stereocenters. The predicted molar refractivity (Wildman–Crippen MR) is 141 cm³/mol. The van der Waals surface area contributed by atoms with E-state index in [4.69, 9.17) is 4.74 Å². The van der Waals surface area contributed by atoms with E-state index >= 15 is 0 Å². The molecule has 0 heterocycles. The summed E-state index contributed by atoms with van der Waals surface area (Å²) in [6, 6.07) is 20.1. The molecule has 0 spiro atoms. The molecule has 3 aromatic rings. The van der Waals surface area contributed by atoms with Crippen LogP contribution in [0.5, 0.6) is 5.75 Å². The van der Waals surface area contributed by atoms with Crippen molar-refractivity contribution in [1.82, 2.24) is 0 Å². The minimum absolute atomic E-state index is 0.112. The lowest BCUT2D eigenvalue weighted by molar-refractivity contribution is -0.118. The van der Waals surface area contributed by atoms with Gasteiger partial charge in [-0.1, -0.05) is 51.3 Å². The highest BCUT2D eigenvalue weighted by molar-refractivity contribution is 9.11. The molecule has 0 aliphatic carbocycles. The Morgan fingerprint density at radius 1 is 0.941 bits per heavy atom. The zero-order chi connectivity index (χ0) is 24.7. The zero-order valence-corrected chi connectivity index (χ0v) is 21.7. The first-order valence-electron chi connectivity index (χ1n) is 10.2. The molecular weight excluding hydrogens is 562 g/mol. The number of carbonyl (C=O) groups excluding carboxylic acids is 2. The summed E-state index contributed by atoms with van der Waals surface area (Å²) in [4.78, 5) is 25.1. The van der Waals surface area contributed by atoms with Gasteiger partial charge < -0.3 is 15.4 Å². The van der Waals surface area contributed by atoms with Crippen LogP contribution in [0.3, 0.4) is 0 Å². The number of nitrogens with zero attached hydrogens (tertiary/aromatic N) is 1. The Kier molecular flexibility index (Phi) is 8.63. The lowest BCUT2D eigenvalue weighted by Gasteiger charge is -2.13. The SMILES string of the molecule is Cc1ccc(NC(=O)COc2c(Br)cc(Br)cc2/C=C(/C#N)C(=O)Nc2ccc(C)cc2)cc1. The Labute approximate surface area is 214 Å². The van der Waals surface area contributed by atoms with Crippen molar-refractivity contribution in [3.8, 4) is 11.8 Å². The fourth-order valence-corrected chi connectivity index (χ4v) is 4.32. The molecule has 0 atom stereocenters. The Morgan fingerprint density at radius 3 is 2.06 bits per heavy atom. The Balaban J connectivity index is 1.79. The van der Waals surface area contributed by atoms with Gasteiger partial charge in [0.15, 0.2) is 6.61 Å². The van der Waals surface area contributed by atoms with Crippen LogP contribution in [0.25, 0.3) is 6.08 Å². The van der Waals surface area contributed by atoms with Crippen molar-refractivity contribution in [2.24, 2.45) is 0 Å². The minimum Gasteiger partial charge on any atom is -0.482 e. The van der Waals surface area contributed by atoms with Gasteiger partial charge in [-0.15, -0.1) is 0 Å². The molecule has 0 aliphatic rings. The van der Waals surface area contributed by atoms with Crippen LogP contribution in [0.4, 0.5) is 11.4 Å². The van der Waals surface area contributed by atoms with Gasteiger partial charge in [0.1, 0.15) is 17.4 Å². The number of aryl methyl sites for hydroxylation is 2. The lowest BCUT2D eigenvalue weighted by atomic mass is 10.1. The highest BCUT2D eigenvalue weighted by atomic mass is 79.9. The Morgan fingerprint density at radius 2 is 1.50 bits per heavy atom. The van der Waals surface area contributed by atoms with E-state index < -0.39 is 5.91 Å². The second-order valence-corrected chi connectivity index (χ2v) is 9.27. The van der Waals surface area contributed by atoms with E-state index in [1.54, 1.807) is 24.3 Å². The third-order valence-electron chi connectivity index (χ3n) is 4.69. The molecule has 0 saturated carbocycles. The quantitative estimate of drug-likeness (QED) is 0.249. The van der Waals surface area contributed by atoms with Crippen molar-refractivity contribution in [1.29, 1.82) is 5.26 Å². The second-order valence-electron chi connectivity index (χ2n) is 7.50. The second kappa shape index (κ2) is 11.6. The van der Waals surface area contributed by atoms with Crippen molar-refractivity contribution in [3.05, 3.63) is 91.9 Å². The number of rotatable bonds is 7. The van der Waals surface area contributed by atoms with E-state index in [-0.39, 0.29) is 18.1 Å². The number of anilines is 2. The van der Waals surface area contributed by atoms with E-state index in [9.17, 15) is 14.9 Å². The van der Waals surface area contributed by atoms with Crippen molar-refractivity contribution >= 4 is 61.1 Å². The number of hydrogen-bond donors (Lipinski definition) is 2. The molecule has 0 aromatic heterocycles. The summed E-state index contributed by atoms with van der Waals surface area (Å²) in [7, 11) is 0. The number of nitriles is 1. The molecule has 8 heteroatoms. The first-order valence-corrected chi connectivity index (χ1v) is 11.8. The summed E-state index contributed by atoms with van der Waals surface area (Å²) in [5, 5.41) is 15.1. The summed E-state index contributed by atoms with van der Waals surface area (Å²) >= 11 is 6.84. The van der Waals surface area contributed by atoms with Crippen LogP contribution in [-0.4, -0.2) is 18.4 Å². The van der Waals surface area contributed by atoms with Gasteiger partial charge in [-0.25, -0.2) is 0 Å². The molecule has 2 N–H and O–H groups in total. The number of carbonyl (C=O) groups is 2. The molecule has 0 saturated heterocycles. The van der Waals surface area contributed by atoms with Crippen LogP contribution >= 0.6 is 31.9 Å². The van der Waals surface area contributed by atoms with Crippen LogP contribution in [0.15, 0.2) is 75.2 Å². The van der Waals surface area contributed by atoms with Crippen LogP contribution in [0.1, 0.15) is 16.7 Å². The van der Waals surface area contributed by atoms with Crippen molar-refractivity contribution in [3.63, 3.8) is 0 Å². The van der Waals surface area contributed by atoms with Gasteiger partial charge >= 0.3 is 0 Å². The molecule has 172 valence electrons. The van der Waals surface area contributed by atoms with Crippen LogP contribution in [-0.2, 0) is 9.59 Å². The molecule has 3 aromatic carbocycles. The fourth-order valence-electron chi connectivity index (χ4n) is 2.95. The van der Waals surface area contributed by atoms with E-state index in [2.05, 4.69) is 42.5 Å². The van der Waals surface area contributed by atoms with Gasteiger partial charge in [-0.05, 0) is 72.3 Å². The third-order valence-corrected chi connectivity index (χ3v) is 5.74. The minimum atomic E-state index is -0.550. The summed E-state index contributed by atoms with van der Waals surface area (Å²) < 4.78 is 7.04. The zero-order valence-electron chi connectivity index (χ0n) is 18.5. The van der Waals surface area contributed by atoms with Gasteiger partial charge in [0.2, 0.25) is 0 Å². The molecule has 3 rings (SSSR count). The summed E-state index contributed by atoms with van der Waals surface area (Å²) in [6.45, 7) is 3.65. The maximum absolute atomic E-state index is 12.7. The number of ether oxygens (including phenoxy) is 1. The lowest BCUT2D eigenvalue weighted by Crippen LogP contribution is -2.20. The maximum Gasteiger partial charge on any atom is 0.266 e. The number of hydrogen-bond acceptors (Lipinski definition) is 4. The standard InChI is InChI=1S/C26H21Br2N3O3/c1-16-3-7-21(8-4-16)30-24(32)15-34-25-18(12-20(27)13-23(25)28)11-19(14-29)26(33)31-22-9-5-17(2)6-10-22/h3-13H,15H2,1-2H3,(H,30,32)(H,31,33)/b19-11-. The topological polar surface area (TPSA) is 91.2 Å². The van der Waals surface area contributed by atoms with Crippen molar-refractivity contribution in [2.75, 3.05) is 17.2 Å². The predicted octanol–water partition coefficient (Wildman–Crippen LogP) is 6.39. The molecule has 0 fully saturated rings. The van der Waals surface area contributed by atoms with Crippen molar-refractivity contribution < 1.29 is 14.3 Å². The first-order chi connectivity index (χ1) is 16.2. The van der Waals surface area contributed by atoms with E-state index in [0.717, 1.165) is 11.1 Å². The first kappa shape index (κ1) is 25.2.